The standard InChI is InChI=1S/C13H14INO4/c1-3-6-15-12(16)8(2)19-11-7-9(13(17)18)4-5-10(11)14/h3-5,7-8H,1,6H2,2H3,(H,15,16)(H,17,18). The molecule has 0 spiro atoms. The summed E-state index contributed by atoms with van der Waals surface area (Å²) in [7, 11) is 0. The summed E-state index contributed by atoms with van der Waals surface area (Å²) in [5.74, 6) is -0.941. The van der Waals surface area contributed by atoms with Crippen LogP contribution in [-0.4, -0.2) is 29.6 Å². The third kappa shape index (κ3) is 4.55. The predicted octanol–water partition coefficient (Wildman–Crippen LogP) is 2.06. The summed E-state index contributed by atoms with van der Waals surface area (Å²) in [5, 5.41) is 11.5. The van der Waals surface area contributed by atoms with Crippen LogP contribution < -0.4 is 10.1 Å². The lowest BCUT2D eigenvalue weighted by atomic mass is 10.2. The van der Waals surface area contributed by atoms with E-state index < -0.39 is 12.1 Å². The molecule has 0 fully saturated rings. The number of hydrogen-bond acceptors (Lipinski definition) is 3. The Hall–Kier alpha value is -1.57. The lowest BCUT2D eigenvalue weighted by Crippen LogP contribution is -2.36. The molecule has 19 heavy (non-hydrogen) atoms. The van der Waals surface area contributed by atoms with Gasteiger partial charge in [0, 0.05) is 6.54 Å². The SMILES string of the molecule is C=CCNC(=O)C(C)Oc1cc(C(=O)O)ccc1I. The maximum atomic E-state index is 11.6. The van der Waals surface area contributed by atoms with Gasteiger partial charge in [-0.1, -0.05) is 6.08 Å². The average molecular weight is 375 g/mol. The van der Waals surface area contributed by atoms with Gasteiger partial charge in [0.05, 0.1) is 9.13 Å². The molecule has 0 bridgehead atoms. The second-order valence-corrected chi connectivity index (χ2v) is 4.91. The molecule has 0 aliphatic carbocycles. The molecular weight excluding hydrogens is 361 g/mol. The van der Waals surface area contributed by atoms with Crippen molar-refractivity contribution in [1.82, 2.24) is 5.32 Å². The van der Waals surface area contributed by atoms with Crippen LogP contribution in [0.3, 0.4) is 0 Å². The van der Waals surface area contributed by atoms with E-state index in [1.54, 1.807) is 19.1 Å². The lowest BCUT2D eigenvalue weighted by Gasteiger charge is -2.15. The Morgan fingerprint density at radius 1 is 1.58 bits per heavy atom. The van der Waals surface area contributed by atoms with Gasteiger partial charge >= 0.3 is 5.97 Å². The molecule has 0 aromatic heterocycles. The van der Waals surface area contributed by atoms with E-state index in [0.29, 0.717) is 12.3 Å². The number of amides is 1. The molecule has 1 rings (SSSR count). The van der Waals surface area contributed by atoms with Crippen molar-refractivity contribution in [2.45, 2.75) is 13.0 Å². The average Bonchev–Trinajstić information content (AvgIpc) is 2.38. The van der Waals surface area contributed by atoms with E-state index in [4.69, 9.17) is 9.84 Å². The van der Waals surface area contributed by atoms with Crippen molar-refractivity contribution < 1.29 is 19.4 Å². The van der Waals surface area contributed by atoms with Crippen molar-refractivity contribution in [2.75, 3.05) is 6.54 Å². The second kappa shape index (κ2) is 7.13. The van der Waals surface area contributed by atoms with Gasteiger partial charge in [-0.05, 0) is 47.7 Å². The second-order valence-electron chi connectivity index (χ2n) is 3.74. The van der Waals surface area contributed by atoms with Crippen molar-refractivity contribution in [3.63, 3.8) is 0 Å². The molecule has 102 valence electrons. The molecule has 1 amide bonds. The van der Waals surface area contributed by atoms with Gasteiger partial charge in [0.2, 0.25) is 0 Å². The number of ether oxygens (including phenoxy) is 1. The normalized spacial score (nSPS) is 11.5. The molecule has 1 unspecified atom stereocenters. The first kappa shape index (κ1) is 15.5. The van der Waals surface area contributed by atoms with E-state index in [0.717, 1.165) is 3.57 Å². The predicted molar refractivity (Wildman–Crippen MR) is 79.4 cm³/mol. The molecule has 6 heteroatoms. The molecule has 0 aliphatic heterocycles. The Bertz CT molecular complexity index is 501. The zero-order valence-electron chi connectivity index (χ0n) is 10.4. The monoisotopic (exact) mass is 375 g/mol. The van der Waals surface area contributed by atoms with E-state index >= 15 is 0 Å². The zero-order valence-corrected chi connectivity index (χ0v) is 12.5. The van der Waals surface area contributed by atoms with Gasteiger partial charge < -0.3 is 15.2 Å². The fourth-order valence-corrected chi connectivity index (χ4v) is 1.75. The first-order chi connectivity index (χ1) is 8.95. The van der Waals surface area contributed by atoms with Crippen molar-refractivity contribution >= 4 is 34.5 Å². The van der Waals surface area contributed by atoms with Gasteiger partial charge in [-0.25, -0.2) is 4.79 Å². The minimum atomic E-state index is -1.04. The molecule has 0 heterocycles. The van der Waals surface area contributed by atoms with Crippen molar-refractivity contribution in [1.29, 1.82) is 0 Å². The van der Waals surface area contributed by atoms with Crippen LogP contribution >= 0.6 is 22.6 Å². The highest BCUT2D eigenvalue weighted by Gasteiger charge is 2.16. The molecular formula is C13H14INO4. The maximum absolute atomic E-state index is 11.6. The van der Waals surface area contributed by atoms with Crippen LogP contribution in [-0.2, 0) is 4.79 Å². The number of carboxylic acid groups (broad SMARTS) is 1. The minimum Gasteiger partial charge on any atom is -0.480 e. The fourth-order valence-electron chi connectivity index (χ4n) is 1.29. The van der Waals surface area contributed by atoms with Crippen LogP contribution in [0, 0.1) is 3.57 Å². The first-order valence-corrected chi connectivity index (χ1v) is 6.61. The van der Waals surface area contributed by atoms with E-state index in [1.165, 1.54) is 12.1 Å². The molecule has 0 radical (unpaired) electrons. The highest BCUT2D eigenvalue weighted by atomic mass is 127. The quantitative estimate of drug-likeness (QED) is 0.590. The number of benzene rings is 1. The van der Waals surface area contributed by atoms with E-state index in [-0.39, 0.29) is 11.5 Å². The topological polar surface area (TPSA) is 75.6 Å². The van der Waals surface area contributed by atoms with Crippen molar-refractivity contribution in [3.05, 3.63) is 40.0 Å². The van der Waals surface area contributed by atoms with Gasteiger partial charge in [-0.2, -0.15) is 0 Å². The number of hydrogen-bond donors (Lipinski definition) is 2. The number of aromatic carboxylic acids is 1. The number of carbonyl (C=O) groups excluding carboxylic acids is 1. The van der Waals surface area contributed by atoms with E-state index in [1.807, 2.05) is 22.6 Å². The van der Waals surface area contributed by atoms with Crippen LogP contribution in [0.4, 0.5) is 0 Å². The van der Waals surface area contributed by atoms with Gasteiger partial charge in [-0.3, -0.25) is 4.79 Å². The smallest absolute Gasteiger partial charge is 0.335 e. The summed E-state index contributed by atoms with van der Waals surface area (Å²) >= 11 is 2.02. The van der Waals surface area contributed by atoms with Crippen LogP contribution in [0.15, 0.2) is 30.9 Å². The molecule has 0 aliphatic rings. The maximum Gasteiger partial charge on any atom is 0.335 e. The lowest BCUT2D eigenvalue weighted by molar-refractivity contribution is -0.127. The summed E-state index contributed by atoms with van der Waals surface area (Å²) in [6.07, 6.45) is 0.858. The molecule has 1 aromatic carbocycles. The summed E-state index contributed by atoms with van der Waals surface area (Å²) < 4.78 is 6.22. The first-order valence-electron chi connectivity index (χ1n) is 5.53. The number of carboxylic acids is 1. The summed E-state index contributed by atoms with van der Waals surface area (Å²) in [6, 6.07) is 4.52. The molecule has 5 nitrogen and oxygen atoms in total. The number of rotatable bonds is 6. The van der Waals surface area contributed by atoms with E-state index in [9.17, 15) is 9.59 Å². The van der Waals surface area contributed by atoms with Crippen molar-refractivity contribution in [2.24, 2.45) is 0 Å². The number of nitrogens with one attached hydrogen (secondary N) is 1. The van der Waals surface area contributed by atoms with Gasteiger partial charge in [-0.15, -0.1) is 6.58 Å². The Labute approximate surface area is 124 Å². The number of carbonyl (C=O) groups is 2. The van der Waals surface area contributed by atoms with Gasteiger partial charge in [0.15, 0.2) is 6.10 Å². The van der Waals surface area contributed by atoms with Crippen LogP contribution in [0.5, 0.6) is 5.75 Å². The number of halogens is 1. The van der Waals surface area contributed by atoms with Crippen LogP contribution in [0.1, 0.15) is 17.3 Å². The highest BCUT2D eigenvalue weighted by Crippen LogP contribution is 2.23. The molecule has 1 aromatic rings. The van der Waals surface area contributed by atoms with Gasteiger partial charge in [0.25, 0.3) is 5.91 Å². The highest BCUT2D eigenvalue weighted by molar-refractivity contribution is 14.1. The molecule has 0 saturated heterocycles. The Balaban J connectivity index is 2.80. The fraction of sp³-hybridized carbons (Fsp3) is 0.231. The van der Waals surface area contributed by atoms with Crippen LogP contribution in [0.2, 0.25) is 0 Å². The molecule has 1 atom stereocenters. The largest absolute Gasteiger partial charge is 0.480 e. The third-order valence-corrected chi connectivity index (χ3v) is 3.16. The Morgan fingerprint density at radius 2 is 2.26 bits per heavy atom. The third-order valence-electron chi connectivity index (χ3n) is 2.27. The molecule has 0 saturated carbocycles. The minimum absolute atomic E-state index is 0.120. The Kier molecular flexibility index (Phi) is 5.81. The zero-order chi connectivity index (χ0) is 14.4. The molecule has 2 N–H and O–H groups in total. The van der Waals surface area contributed by atoms with Crippen LogP contribution in [0.25, 0.3) is 0 Å². The summed E-state index contributed by atoms with van der Waals surface area (Å²) in [4.78, 5) is 22.5. The summed E-state index contributed by atoms with van der Waals surface area (Å²) in [6.45, 7) is 5.46. The Morgan fingerprint density at radius 3 is 2.84 bits per heavy atom. The van der Waals surface area contributed by atoms with E-state index in [2.05, 4.69) is 11.9 Å². The van der Waals surface area contributed by atoms with Crippen molar-refractivity contribution in [3.8, 4) is 5.75 Å². The van der Waals surface area contributed by atoms with Gasteiger partial charge in [0.1, 0.15) is 5.75 Å². The summed E-state index contributed by atoms with van der Waals surface area (Å²) in [5.41, 5.74) is 0.120.